The third-order valence-corrected chi connectivity index (χ3v) is 17.3. The molecule has 3 aliphatic carbocycles. The van der Waals surface area contributed by atoms with Crippen LogP contribution >= 0.6 is 0 Å². The van der Waals surface area contributed by atoms with Gasteiger partial charge >= 0.3 is 0 Å². The summed E-state index contributed by atoms with van der Waals surface area (Å²) >= 11 is 0. The minimum absolute atomic E-state index is 0.133. The first kappa shape index (κ1) is 55.3. The highest BCUT2D eigenvalue weighted by molar-refractivity contribution is 6.01. The van der Waals surface area contributed by atoms with Crippen LogP contribution in [0.25, 0.3) is 5.57 Å². The predicted octanol–water partition coefficient (Wildman–Crippen LogP) is 18.9. The second-order valence-corrected chi connectivity index (χ2v) is 22.3. The van der Waals surface area contributed by atoms with Crippen LogP contribution < -0.4 is 14.7 Å². The van der Waals surface area contributed by atoms with E-state index in [2.05, 4.69) is 221 Å². The number of nitrogens with zero attached hydrogens (tertiary/aromatic N) is 5. The van der Waals surface area contributed by atoms with E-state index in [1.165, 1.54) is 92.4 Å². The summed E-state index contributed by atoms with van der Waals surface area (Å²) in [4.78, 5) is 19.2. The lowest BCUT2D eigenvalue weighted by atomic mass is 9.79. The maximum absolute atomic E-state index is 5.69. The maximum atomic E-state index is 5.69. The van der Waals surface area contributed by atoms with E-state index >= 15 is 0 Å². The van der Waals surface area contributed by atoms with E-state index in [1.54, 1.807) is 0 Å². The van der Waals surface area contributed by atoms with E-state index in [1.807, 2.05) is 0 Å². The quantitative estimate of drug-likeness (QED) is 0.140. The molecule has 1 fully saturated rings. The van der Waals surface area contributed by atoms with Gasteiger partial charge in [0.05, 0.1) is 12.1 Å². The van der Waals surface area contributed by atoms with E-state index in [4.69, 9.17) is 9.98 Å². The van der Waals surface area contributed by atoms with Crippen LogP contribution in [0, 0.1) is 11.8 Å². The standard InChI is InChI=1S/C72H89N5/c1-9-30-55(31-10-2)72-73-57(35-29-36-59(13-5)77-70-43-25-21-39-66(70)67-40-22-26-44-71(67)77)50-58(74-72)47-54(12-4)65(32-11-3)62(14-6)56-48-60(75-45-27-15-17-33-52(7)63-37-19-23-41-68(63)75)51-61(49-56)76-46-28-16-18-34-53(8)64-38-20-24-42-69(64)76/h11,14-19,21-22,25-28,32-34,36-37,39-40,43-44,48-49,51,55,58,64,66,69-70H,7-10,12-13,20,23-24,29-31,35,38,41-42,45-47,50H2,1-6H3/b27-15-,28-16-,32-11-,33-17-,34-18-,59-36+,62-14-,65-54-/t58?,64?,66?,69?,70-/m1/s1. The number of hydrogen-bond acceptors (Lipinski definition) is 5. The molecule has 7 aliphatic rings. The Morgan fingerprint density at radius 3 is 2.39 bits per heavy atom. The van der Waals surface area contributed by atoms with Gasteiger partial charge < -0.3 is 14.7 Å². The van der Waals surface area contributed by atoms with Crippen LogP contribution in [0.3, 0.4) is 0 Å². The van der Waals surface area contributed by atoms with Gasteiger partial charge in [-0.15, -0.1) is 0 Å². The molecule has 5 nitrogen and oxygen atoms in total. The van der Waals surface area contributed by atoms with Gasteiger partial charge in [0.15, 0.2) is 0 Å². The largest absolute Gasteiger partial charge is 0.364 e. The van der Waals surface area contributed by atoms with Crippen molar-refractivity contribution in [1.29, 1.82) is 0 Å². The van der Waals surface area contributed by atoms with Crippen LogP contribution in [0.2, 0.25) is 0 Å². The van der Waals surface area contributed by atoms with Crippen LogP contribution in [0.5, 0.6) is 0 Å². The van der Waals surface area contributed by atoms with Gasteiger partial charge in [-0.1, -0.05) is 205 Å². The second-order valence-electron chi connectivity index (χ2n) is 22.3. The zero-order chi connectivity index (χ0) is 53.7. The van der Waals surface area contributed by atoms with E-state index < -0.39 is 0 Å². The van der Waals surface area contributed by atoms with Crippen LogP contribution in [0.15, 0.2) is 214 Å². The van der Waals surface area contributed by atoms with E-state index in [0.29, 0.717) is 29.8 Å². The van der Waals surface area contributed by atoms with Gasteiger partial charge in [-0.05, 0) is 137 Å². The first-order valence-corrected chi connectivity index (χ1v) is 30.0. The van der Waals surface area contributed by atoms with Crippen molar-refractivity contribution < 1.29 is 0 Å². The van der Waals surface area contributed by atoms with Crippen molar-refractivity contribution in [3.8, 4) is 0 Å². The summed E-state index contributed by atoms with van der Waals surface area (Å²) in [6, 6.07) is 17.4. The Morgan fingerprint density at radius 2 is 1.60 bits per heavy atom. The second kappa shape index (κ2) is 26.7. The number of anilines is 3. The Morgan fingerprint density at radius 1 is 0.818 bits per heavy atom. The summed E-state index contributed by atoms with van der Waals surface area (Å²) in [5.74, 6) is 2.29. The molecule has 4 heterocycles. The number of para-hydroxylation sites is 1. The number of fused-ring (bicyclic) bond motifs is 4. The highest BCUT2D eigenvalue weighted by atomic mass is 15.2. The predicted molar refractivity (Wildman–Crippen MR) is 335 cm³/mol. The SMILES string of the molecule is C=C1/C=C\C=C/CN(c2cc(C(=C/C)/C(/C=C\C)=C(/CC)CC3CC(CC/C=C(\CC)N4c5ccccc5C5C=CC=C[C@H]54)=NC(C(CCC)CCC)=N3)cc(N3C/C=C\C=C/C(=C)C4CCCCC43)c2)C2=C1C=CCC2. The molecule has 0 N–H and O–H groups in total. The molecule has 2 aromatic carbocycles. The van der Waals surface area contributed by atoms with Crippen LogP contribution in [0.1, 0.15) is 161 Å². The number of aliphatic imine (C=N–C) groups is 2. The van der Waals surface area contributed by atoms with Crippen molar-refractivity contribution in [2.24, 2.45) is 21.8 Å². The topological polar surface area (TPSA) is 34.4 Å². The number of allylic oxidation sites excluding steroid dienone is 20. The molecule has 0 saturated heterocycles. The average molecular weight is 1020 g/mol. The molecule has 1 saturated carbocycles. The number of benzene rings is 2. The van der Waals surface area contributed by atoms with Crippen molar-refractivity contribution in [3.05, 3.63) is 215 Å². The van der Waals surface area contributed by atoms with Crippen molar-refractivity contribution in [3.63, 3.8) is 0 Å². The minimum atomic E-state index is 0.133. The molecule has 9 rings (SSSR count). The minimum Gasteiger partial charge on any atom is -0.364 e. The molecule has 4 aliphatic heterocycles. The number of amidine groups is 1. The van der Waals surface area contributed by atoms with Crippen LogP contribution in [0.4, 0.5) is 17.1 Å². The third kappa shape index (κ3) is 12.6. The summed E-state index contributed by atoms with van der Waals surface area (Å²) < 4.78 is 0. The first-order valence-electron chi connectivity index (χ1n) is 30.0. The van der Waals surface area contributed by atoms with Gasteiger partial charge in [0, 0.05) is 83.0 Å². The molecule has 5 heteroatoms. The molecule has 4 unspecified atom stereocenters. The van der Waals surface area contributed by atoms with Crippen molar-refractivity contribution >= 4 is 34.2 Å². The molecule has 5 atom stereocenters. The van der Waals surface area contributed by atoms with E-state index in [-0.39, 0.29) is 6.04 Å². The molecular weight excluding hydrogens is 935 g/mol. The van der Waals surface area contributed by atoms with E-state index in [0.717, 1.165) is 108 Å². The number of hydrogen-bond donors (Lipinski definition) is 0. The maximum Gasteiger partial charge on any atom is 0.126 e. The summed E-state index contributed by atoms with van der Waals surface area (Å²) in [6.07, 6.45) is 58.3. The highest BCUT2D eigenvalue weighted by Gasteiger charge is 2.38. The molecule has 2 aromatic rings. The monoisotopic (exact) mass is 1020 g/mol. The summed E-state index contributed by atoms with van der Waals surface area (Å²) in [6.45, 7) is 24.7. The fraction of sp³-hybridized carbons (Fsp3) is 0.417. The Hall–Kier alpha value is -6.46. The lowest BCUT2D eigenvalue weighted by molar-refractivity contribution is 0.338. The van der Waals surface area contributed by atoms with Gasteiger partial charge in [0.25, 0.3) is 0 Å². The summed E-state index contributed by atoms with van der Waals surface area (Å²) in [5, 5.41) is 0. The summed E-state index contributed by atoms with van der Waals surface area (Å²) in [5.41, 5.74) is 18.2. The first-order chi connectivity index (χ1) is 37.8. The molecule has 0 bridgehead atoms. The fourth-order valence-electron chi connectivity index (χ4n) is 13.6. The zero-order valence-corrected chi connectivity index (χ0v) is 47.8. The van der Waals surface area contributed by atoms with Crippen LogP contribution in [-0.2, 0) is 0 Å². The molecule has 0 aromatic heterocycles. The Bertz CT molecular complexity index is 2920. The highest BCUT2D eigenvalue weighted by Crippen LogP contribution is 2.47. The molecule has 0 spiro atoms. The fourth-order valence-corrected chi connectivity index (χ4v) is 13.6. The van der Waals surface area contributed by atoms with E-state index in [9.17, 15) is 0 Å². The normalized spacial score (nSPS) is 25.6. The molecule has 77 heavy (non-hydrogen) atoms. The van der Waals surface area contributed by atoms with Crippen molar-refractivity contribution in [1.82, 2.24) is 0 Å². The van der Waals surface area contributed by atoms with Crippen molar-refractivity contribution in [2.75, 3.05) is 27.8 Å². The van der Waals surface area contributed by atoms with Gasteiger partial charge in [0.1, 0.15) is 5.84 Å². The van der Waals surface area contributed by atoms with Gasteiger partial charge in [-0.25, -0.2) is 4.99 Å². The zero-order valence-electron chi connectivity index (χ0n) is 47.8. The average Bonchev–Trinajstić information content (AvgIpc) is 3.92. The summed E-state index contributed by atoms with van der Waals surface area (Å²) in [7, 11) is 0. The lowest BCUT2D eigenvalue weighted by Crippen LogP contribution is -2.43. The molecular formula is C72H89N5. The van der Waals surface area contributed by atoms with Crippen LogP contribution in [-0.4, -0.2) is 42.8 Å². The molecule has 402 valence electrons. The Kier molecular flexibility index (Phi) is 19.2. The third-order valence-electron chi connectivity index (χ3n) is 17.3. The van der Waals surface area contributed by atoms with Gasteiger partial charge in [-0.2, -0.15) is 0 Å². The number of rotatable bonds is 18. The Balaban J connectivity index is 1.09. The Labute approximate surface area is 465 Å². The lowest BCUT2D eigenvalue weighted by Gasteiger charge is -2.42. The van der Waals surface area contributed by atoms with Gasteiger partial charge in [0.2, 0.25) is 0 Å². The molecule has 0 radical (unpaired) electrons. The molecule has 0 amide bonds. The van der Waals surface area contributed by atoms with Crippen molar-refractivity contribution in [2.45, 2.75) is 168 Å². The smallest absolute Gasteiger partial charge is 0.126 e. The van der Waals surface area contributed by atoms with Gasteiger partial charge in [-0.3, -0.25) is 4.99 Å².